The molecule has 1 aromatic carbocycles. The van der Waals surface area contributed by atoms with Gasteiger partial charge >= 0.3 is 0 Å². The van der Waals surface area contributed by atoms with Crippen LogP contribution in [0.4, 0.5) is 0 Å². The predicted molar refractivity (Wildman–Crippen MR) is 71.0 cm³/mol. The molecule has 1 aromatic rings. The van der Waals surface area contributed by atoms with Gasteiger partial charge in [0.15, 0.2) is 0 Å². The number of likely N-dealkylation sites (tertiary alicyclic amines) is 1. The van der Waals surface area contributed by atoms with Crippen LogP contribution in [0, 0.1) is 6.92 Å². The molecule has 1 saturated heterocycles. The highest BCUT2D eigenvalue weighted by Gasteiger charge is 2.18. The highest BCUT2D eigenvalue weighted by Crippen LogP contribution is 2.16. The molecule has 19 heavy (non-hydrogen) atoms. The lowest BCUT2D eigenvalue weighted by Crippen LogP contribution is -2.38. The second-order valence-electron chi connectivity index (χ2n) is 4.77. The Morgan fingerprint density at radius 3 is 2.63 bits per heavy atom. The predicted octanol–water partition coefficient (Wildman–Crippen LogP) is 1.05. The third kappa shape index (κ3) is 3.24. The van der Waals surface area contributed by atoms with Crippen LogP contribution in [0.3, 0.4) is 0 Å². The van der Waals surface area contributed by atoms with Crippen LogP contribution in [0.25, 0.3) is 0 Å². The molecular weight excluding hydrogens is 244 g/mol. The fraction of sp³-hybridized carbons (Fsp3) is 0.429. The third-order valence-electron chi connectivity index (χ3n) is 3.32. The van der Waals surface area contributed by atoms with Crippen molar-refractivity contribution in [3.8, 4) is 5.75 Å². The normalized spacial score (nSPS) is 14.5. The number of hydrogen-bond acceptors (Lipinski definition) is 3. The van der Waals surface area contributed by atoms with Crippen molar-refractivity contribution in [3.05, 3.63) is 29.3 Å². The van der Waals surface area contributed by atoms with Gasteiger partial charge in [0.1, 0.15) is 5.75 Å². The Morgan fingerprint density at radius 1 is 1.32 bits per heavy atom. The van der Waals surface area contributed by atoms with E-state index in [9.17, 15) is 14.7 Å². The second-order valence-corrected chi connectivity index (χ2v) is 4.77. The van der Waals surface area contributed by atoms with E-state index in [0.717, 1.165) is 25.9 Å². The topological polar surface area (TPSA) is 69.6 Å². The number of aromatic hydroxyl groups is 1. The Bertz CT molecular complexity index is 493. The summed E-state index contributed by atoms with van der Waals surface area (Å²) in [4.78, 5) is 25.4. The number of hydrogen-bond donors (Lipinski definition) is 2. The van der Waals surface area contributed by atoms with Gasteiger partial charge in [0.2, 0.25) is 5.91 Å². The molecule has 2 rings (SSSR count). The van der Waals surface area contributed by atoms with Gasteiger partial charge in [-0.05, 0) is 43.5 Å². The zero-order valence-electron chi connectivity index (χ0n) is 11.0. The van der Waals surface area contributed by atoms with Crippen LogP contribution in [0.5, 0.6) is 5.75 Å². The van der Waals surface area contributed by atoms with Crippen LogP contribution in [-0.2, 0) is 4.79 Å². The van der Waals surface area contributed by atoms with E-state index in [1.807, 2.05) is 0 Å². The summed E-state index contributed by atoms with van der Waals surface area (Å²) in [5.74, 6) is -0.179. The smallest absolute Gasteiger partial charge is 0.251 e. The molecule has 0 spiro atoms. The first-order valence-electron chi connectivity index (χ1n) is 6.43. The van der Waals surface area contributed by atoms with Crippen molar-refractivity contribution >= 4 is 11.8 Å². The Hall–Kier alpha value is -2.04. The SMILES string of the molecule is Cc1cc(C(=O)NCC(=O)N2CCCC2)ccc1O. The molecule has 2 N–H and O–H groups in total. The second kappa shape index (κ2) is 5.73. The van der Waals surface area contributed by atoms with Gasteiger partial charge in [0, 0.05) is 18.7 Å². The standard InChI is InChI=1S/C14H18N2O3/c1-10-8-11(4-5-12(10)17)14(19)15-9-13(18)16-6-2-3-7-16/h4-5,8,17H,2-3,6-7,9H2,1H3,(H,15,19). The van der Waals surface area contributed by atoms with E-state index >= 15 is 0 Å². The molecule has 1 aliphatic heterocycles. The van der Waals surface area contributed by atoms with E-state index in [4.69, 9.17) is 0 Å². The molecule has 1 fully saturated rings. The van der Waals surface area contributed by atoms with Crippen molar-refractivity contribution in [1.29, 1.82) is 0 Å². The maximum Gasteiger partial charge on any atom is 0.251 e. The fourth-order valence-electron chi connectivity index (χ4n) is 2.13. The van der Waals surface area contributed by atoms with Gasteiger partial charge in [0.25, 0.3) is 5.91 Å². The average Bonchev–Trinajstić information content (AvgIpc) is 2.92. The van der Waals surface area contributed by atoms with Gasteiger partial charge in [-0.15, -0.1) is 0 Å². The lowest BCUT2D eigenvalue weighted by atomic mass is 10.1. The Kier molecular flexibility index (Phi) is 4.04. The van der Waals surface area contributed by atoms with Gasteiger partial charge in [-0.1, -0.05) is 0 Å². The molecule has 0 aromatic heterocycles. The van der Waals surface area contributed by atoms with Crippen molar-refractivity contribution in [2.75, 3.05) is 19.6 Å². The van der Waals surface area contributed by atoms with Gasteiger partial charge in [-0.25, -0.2) is 0 Å². The number of carbonyl (C=O) groups excluding carboxylic acids is 2. The van der Waals surface area contributed by atoms with E-state index in [1.54, 1.807) is 17.9 Å². The number of amides is 2. The van der Waals surface area contributed by atoms with Crippen LogP contribution in [0.2, 0.25) is 0 Å². The molecule has 5 heteroatoms. The van der Waals surface area contributed by atoms with Crippen molar-refractivity contribution in [2.24, 2.45) is 0 Å². The monoisotopic (exact) mass is 262 g/mol. The molecule has 0 saturated carbocycles. The zero-order chi connectivity index (χ0) is 13.8. The minimum absolute atomic E-state index is 0.0265. The van der Waals surface area contributed by atoms with Crippen LogP contribution in [-0.4, -0.2) is 41.5 Å². The van der Waals surface area contributed by atoms with Gasteiger partial charge in [0.05, 0.1) is 6.54 Å². The third-order valence-corrected chi connectivity index (χ3v) is 3.32. The largest absolute Gasteiger partial charge is 0.508 e. The molecule has 0 unspecified atom stereocenters. The summed E-state index contributed by atoms with van der Waals surface area (Å²) in [5, 5.41) is 12.0. The number of carbonyl (C=O) groups is 2. The summed E-state index contributed by atoms with van der Waals surface area (Å²) >= 11 is 0. The van der Waals surface area contributed by atoms with Crippen molar-refractivity contribution in [1.82, 2.24) is 10.2 Å². The molecule has 2 amide bonds. The first-order valence-corrected chi connectivity index (χ1v) is 6.43. The van der Waals surface area contributed by atoms with Gasteiger partial charge in [-0.3, -0.25) is 9.59 Å². The minimum Gasteiger partial charge on any atom is -0.508 e. The molecule has 0 bridgehead atoms. The maximum atomic E-state index is 11.9. The summed E-state index contributed by atoms with van der Waals surface area (Å²) in [7, 11) is 0. The number of phenols is 1. The molecular formula is C14H18N2O3. The molecule has 1 aliphatic rings. The van der Waals surface area contributed by atoms with E-state index in [2.05, 4.69) is 5.32 Å². The molecule has 0 aliphatic carbocycles. The number of phenolic OH excluding ortho intramolecular Hbond substituents is 1. The van der Waals surface area contributed by atoms with Gasteiger partial charge < -0.3 is 15.3 Å². The summed E-state index contributed by atoms with van der Waals surface area (Å²) in [6.07, 6.45) is 2.08. The maximum absolute atomic E-state index is 11.9. The van der Waals surface area contributed by atoms with E-state index in [-0.39, 0.29) is 24.1 Å². The van der Waals surface area contributed by atoms with Crippen molar-refractivity contribution in [3.63, 3.8) is 0 Å². The molecule has 102 valence electrons. The average molecular weight is 262 g/mol. The molecule has 0 radical (unpaired) electrons. The number of rotatable bonds is 3. The summed E-state index contributed by atoms with van der Waals surface area (Å²) in [5.41, 5.74) is 1.09. The van der Waals surface area contributed by atoms with Crippen LogP contribution in [0.1, 0.15) is 28.8 Å². The Morgan fingerprint density at radius 2 is 2.00 bits per heavy atom. The van der Waals surface area contributed by atoms with Crippen LogP contribution in [0.15, 0.2) is 18.2 Å². The minimum atomic E-state index is -0.296. The lowest BCUT2D eigenvalue weighted by molar-refractivity contribution is -0.129. The molecule has 5 nitrogen and oxygen atoms in total. The zero-order valence-corrected chi connectivity index (χ0v) is 11.0. The molecule has 0 atom stereocenters. The Balaban J connectivity index is 1.90. The summed E-state index contributed by atoms with van der Waals surface area (Å²) in [6, 6.07) is 4.62. The van der Waals surface area contributed by atoms with Crippen LogP contribution >= 0.6 is 0 Å². The summed E-state index contributed by atoms with van der Waals surface area (Å²) < 4.78 is 0. The molecule has 1 heterocycles. The number of nitrogens with one attached hydrogen (secondary N) is 1. The van der Waals surface area contributed by atoms with Crippen molar-refractivity contribution < 1.29 is 14.7 Å². The van der Waals surface area contributed by atoms with Gasteiger partial charge in [-0.2, -0.15) is 0 Å². The highest BCUT2D eigenvalue weighted by molar-refractivity contribution is 5.96. The lowest BCUT2D eigenvalue weighted by Gasteiger charge is -2.15. The van der Waals surface area contributed by atoms with E-state index in [0.29, 0.717) is 11.1 Å². The number of nitrogens with zero attached hydrogens (tertiary/aromatic N) is 1. The van der Waals surface area contributed by atoms with Crippen LogP contribution < -0.4 is 5.32 Å². The quantitative estimate of drug-likeness (QED) is 0.855. The summed E-state index contributed by atoms with van der Waals surface area (Å²) in [6.45, 7) is 3.32. The number of benzene rings is 1. The Labute approximate surface area is 112 Å². The number of aryl methyl sites for hydroxylation is 1. The van der Waals surface area contributed by atoms with E-state index < -0.39 is 0 Å². The van der Waals surface area contributed by atoms with E-state index in [1.165, 1.54) is 12.1 Å². The van der Waals surface area contributed by atoms with Crippen molar-refractivity contribution in [2.45, 2.75) is 19.8 Å². The first-order chi connectivity index (χ1) is 9.08. The fourth-order valence-corrected chi connectivity index (χ4v) is 2.13. The first kappa shape index (κ1) is 13.4. The highest BCUT2D eigenvalue weighted by atomic mass is 16.3.